The molecule has 1 unspecified atom stereocenters. The van der Waals surface area contributed by atoms with Crippen molar-refractivity contribution in [2.45, 2.75) is 25.4 Å². The van der Waals surface area contributed by atoms with Crippen molar-refractivity contribution in [2.75, 3.05) is 25.1 Å². The molecule has 1 aliphatic rings. The van der Waals surface area contributed by atoms with Crippen LogP contribution in [0.2, 0.25) is 0 Å². The minimum absolute atomic E-state index is 0.143. The van der Waals surface area contributed by atoms with Crippen molar-refractivity contribution >= 4 is 11.5 Å². The first-order chi connectivity index (χ1) is 8.63. The monoisotopic (exact) mass is 249 g/mol. The Morgan fingerprint density at radius 1 is 1.44 bits per heavy atom. The number of hydrogen-bond acceptors (Lipinski definition) is 4. The molecule has 98 valence electrons. The molecule has 1 saturated heterocycles. The van der Waals surface area contributed by atoms with E-state index < -0.39 is 5.60 Å². The SMILES string of the molecule is CCC(=O)c1ccc(NCC2(O)CCOC2)cc1. The molecule has 1 heterocycles. The molecule has 18 heavy (non-hydrogen) atoms. The van der Waals surface area contributed by atoms with Gasteiger partial charge in [0.25, 0.3) is 0 Å². The van der Waals surface area contributed by atoms with E-state index in [-0.39, 0.29) is 5.78 Å². The van der Waals surface area contributed by atoms with Crippen molar-refractivity contribution in [3.05, 3.63) is 29.8 Å². The molecule has 0 aliphatic carbocycles. The second-order valence-corrected chi connectivity index (χ2v) is 4.73. The molecule has 1 fully saturated rings. The molecule has 0 bridgehead atoms. The van der Waals surface area contributed by atoms with Crippen LogP contribution >= 0.6 is 0 Å². The zero-order chi connectivity index (χ0) is 13.0. The van der Waals surface area contributed by atoms with Crippen LogP contribution in [0, 0.1) is 0 Å². The molecule has 0 saturated carbocycles. The highest BCUT2D eigenvalue weighted by molar-refractivity contribution is 5.96. The summed E-state index contributed by atoms with van der Waals surface area (Å²) in [5.41, 5.74) is 0.867. The summed E-state index contributed by atoms with van der Waals surface area (Å²) in [5, 5.41) is 13.3. The summed E-state index contributed by atoms with van der Waals surface area (Å²) < 4.78 is 5.18. The average Bonchev–Trinajstić information content (AvgIpc) is 2.83. The van der Waals surface area contributed by atoms with Crippen LogP contribution in [-0.2, 0) is 4.74 Å². The molecule has 0 radical (unpaired) electrons. The number of aliphatic hydroxyl groups is 1. The fourth-order valence-corrected chi connectivity index (χ4v) is 1.98. The van der Waals surface area contributed by atoms with Crippen molar-refractivity contribution < 1.29 is 14.6 Å². The topological polar surface area (TPSA) is 58.6 Å². The third-order valence-corrected chi connectivity index (χ3v) is 3.23. The second kappa shape index (κ2) is 5.50. The van der Waals surface area contributed by atoms with Crippen molar-refractivity contribution in [1.82, 2.24) is 0 Å². The first kappa shape index (κ1) is 13.1. The highest BCUT2D eigenvalue weighted by Crippen LogP contribution is 2.19. The molecule has 1 aromatic carbocycles. The van der Waals surface area contributed by atoms with Gasteiger partial charge in [0.1, 0.15) is 5.60 Å². The maximum Gasteiger partial charge on any atom is 0.162 e. The zero-order valence-corrected chi connectivity index (χ0v) is 10.6. The molecule has 2 rings (SSSR count). The predicted molar refractivity (Wildman–Crippen MR) is 69.9 cm³/mol. The molecule has 1 aromatic rings. The Balaban J connectivity index is 1.92. The molecule has 4 nitrogen and oxygen atoms in total. The van der Waals surface area contributed by atoms with Gasteiger partial charge < -0.3 is 15.2 Å². The van der Waals surface area contributed by atoms with E-state index in [9.17, 15) is 9.90 Å². The van der Waals surface area contributed by atoms with Crippen LogP contribution in [-0.4, -0.2) is 36.2 Å². The summed E-state index contributed by atoms with van der Waals surface area (Å²) in [6.45, 7) is 3.31. The van der Waals surface area contributed by atoms with Crippen LogP contribution < -0.4 is 5.32 Å². The number of hydrogen-bond donors (Lipinski definition) is 2. The van der Waals surface area contributed by atoms with Crippen LogP contribution in [0.4, 0.5) is 5.69 Å². The maximum absolute atomic E-state index is 11.5. The molecular formula is C14H19NO3. The number of ether oxygens (including phenoxy) is 1. The minimum atomic E-state index is -0.766. The van der Waals surface area contributed by atoms with Crippen LogP contribution in [0.15, 0.2) is 24.3 Å². The van der Waals surface area contributed by atoms with Crippen LogP contribution in [0.1, 0.15) is 30.1 Å². The number of carbonyl (C=O) groups is 1. The Kier molecular flexibility index (Phi) is 3.99. The Morgan fingerprint density at radius 2 is 2.17 bits per heavy atom. The molecular weight excluding hydrogens is 230 g/mol. The van der Waals surface area contributed by atoms with E-state index in [2.05, 4.69) is 5.32 Å². The summed E-state index contributed by atoms with van der Waals surface area (Å²) in [6.07, 6.45) is 1.18. The van der Waals surface area contributed by atoms with Gasteiger partial charge in [0.05, 0.1) is 6.61 Å². The lowest BCUT2D eigenvalue weighted by Crippen LogP contribution is -2.37. The van der Waals surface area contributed by atoms with Gasteiger partial charge in [-0.05, 0) is 24.3 Å². The van der Waals surface area contributed by atoms with Crippen molar-refractivity contribution in [3.63, 3.8) is 0 Å². The van der Waals surface area contributed by atoms with Gasteiger partial charge in [-0.15, -0.1) is 0 Å². The van der Waals surface area contributed by atoms with E-state index in [1.54, 1.807) is 0 Å². The Labute approximate surface area is 107 Å². The smallest absolute Gasteiger partial charge is 0.162 e. The van der Waals surface area contributed by atoms with E-state index in [1.807, 2.05) is 31.2 Å². The van der Waals surface area contributed by atoms with Gasteiger partial charge in [0.15, 0.2) is 5.78 Å². The van der Waals surface area contributed by atoms with Gasteiger partial charge in [-0.3, -0.25) is 4.79 Å². The first-order valence-corrected chi connectivity index (χ1v) is 6.30. The molecule has 1 atom stereocenters. The van der Waals surface area contributed by atoms with E-state index in [0.717, 1.165) is 11.3 Å². The van der Waals surface area contributed by atoms with E-state index in [4.69, 9.17) is 4.74 Å². The summed E-state index contributed by atoms with van der Waals surface area (Å²) in [4.78, 5) is 11.5. The molecule has 2 N–H and O–H groups in total. The van der Waals surface area contributed by atoms with Crippen LogP contribution in [0.25, 0.3) is 0 Å². The fourth-order valence-electron chi connectivity index (χ4n) is 1.98. The highest BCUT2D eigenvalue weighted by atomic mass is 16.5. The van der Waals surface area contributed by atoms with Crippen LogP contribution in [0.3, 0.4) is 0 Å². The second-order valence-electron chi connectivity index (χ2n) is 4.73. The number of rotatable bonds is 5. The van der Waals surface area contributed by atoms with E-state index >= 15 is 0 Å². The predicted octanol–water partition coefficient (Wildman–Crippen LogP) is 1.84. The van der Waals surface area contributed by atoms with Crippen LogP contribution in [0.5, 0.6) is 0 Å². The average molecular weight is 249 g/mol. The Hall–Kier alpha value is -1.39. The normalized spacial score (nSPS) is 23.0. The molecule has 0 amide bonds. The molecule has 0 aromatic heterocycles. The third kappa shape index (κ3) is 3.09. The lowest BCUT2D eigenvalue weighted by atomic mass is 10.0. The van der Waals surface area contributed by atoms with E-state index in [0.29, 0.717) is 32.6 Å². The Bertz CT molecular complexity index is 408. The number of nitrogens with one attached hydrogen (secondary N) is 1. The van der Waals surface area contributed by atoms with Gasteiger partial charge in [0, 0.05) is 37.2 Å². The number of anilines is 1. The quantitative estimate of drug-likeness (QED) is 0.782. The zero-order valence-electron chi connectivity index (χ0n) is 10.6. The lowest BCUT2D eigenvalue weighted by Gasteiger charge is -2.21. The van der Waals surface area contributed by atoms with E-state index in [1.165, 1.54) is 0 Å². The Morgan fingerprint density at radius 3 is 2.72 bits per heavy atom. The minimum Gasteiger partial charge on any atom is -0.386 e. The van der Waals surface area contributed by atoms with Gasteiger partial charge in [-0.2, -0.15) is 0 Å². The van der Waals surface area contributed by atoms with Gasteiger partial charge in [0.2, 0.25) is 0 Å². The number of carbonyl (C=O) groups excluding carboxylic acids is 1. The fraction of sp³-hybridized carbons (Fsp3) is 0.500. The number of ketones is 1. The van der Waals surface area contributed by atoms with Crippen molar-refractivity contribution in [3.8, 4) is 0 Å². The highest BCUT2D eigenvalue weighted by Gasteiger charge is 2.31. The third-order valence-electron chi connectivity index (χ3n) is 3.23. The largest absolute Gasteiger partial charge is 0.386 e. The van der Waals surface area contributed by atoms with Gasteiger partial charge in [-0.1, -0.05) is 6.92 Å². The molecule has 1 aliphatic heterocycles. The molecule has 0 spiro atoms. The number of benzene rings is 1. The summed E-state index contributed by atoms with van der Waals surface area (Å²) in [7, 11) is 0. The first-order valence-electron chi connectivity index (χ1n) is 6.30. The summed E-state index contributed by atoms with van der Waals surface area (Å²) in [5.74, 6) is 0.143. The van der Waals surface area contributed by atoms with Crippen molar-refractivity contribution in [2.24, 2.45) is 0 Å². The maximum atomic E-state index is 11.5. The summed E-state index contributed by atoms with van der Waals surface area (Å²) >= 11 is 0. The number of Topliss-reactive ketones (excluding diaryl/α,β-unsaturated/α-hetero) is 1. The van der Waals surface area contributed by atoms with Crippen molar-refractivity contribution in [1.29, 1.82) is 0 Å². The standard InChI is InChI=1S/C14H19NO3/c1-2-13(16)11-3-5-12(6-4-11)15-9-14(17)7-8-18-10-14/h3-6,15,17H,2,7-10H2,1H3. The van der Waals surface area contributed by atoms with Gasteiger partial charge >= 0.3 is 0 Å². The molecule has 4 heteroatoms. The lowest BCUT2D eigenvalue weighted by molar-refractivity contribution is 0.0382. The summed E-state index contributed by atoms with van der Waals surface area (Å²) in [6, 6.07) is 7.34. The van der Waals surface area contributed by atoms with Gasteiger partial charge in [-0.25, -0.2) is 0 Å².